The Labute approximate surface area is 85.9 Å². The summed E-state index contributed by atoms with van der Waals surface area (Å²) < 4.78 is 27.8. The lowest BCUT2D eigenvalue weighted by Gasteiger charge is -2.36. The molecule has 1 aliphatic carbocycles. The fourth-order valence-corrected chi connectivity index (χ4v) is 2.22. The highest BCUT2D eigenvalue weighted by Gasteiger charge is 2.46. The van der Waals surface area contributed by atoms with Gasteiger partial charge < -0.3 is 9.55 Å². The van der Waals surface area contributed by atoms with Crippen molar-refractivity contribution in [2.24, 2.45) is 0 Å². The van der Waals surface area contributed by atoms with Crippen LogP contribution >= 0.6 is 12.2 Å². The van der Waals surface area contributed by atoms with Crippen LogP contribution in [0.2, 0.25) is 0 Å². The maximum Gasteiger partial charge on any atom is 0.252 e. The summed E-state index contributed by atoms with van der Waals surface area (Å²) in [7, 11) is 0. The highest BCUT2D eigenvalue weighted by Crippen LogP contribution is 2.45. The summed E-state index contributed by atoms with van der Waals surface area (Å²) >= 11 is 5.05. The molecule has 78 valence electrons. The second-order valence-corrected chi connectivity index (χ2v) is 4.11. The Morgan fingerprint density at radius 2 is 2.29 bits per heavy atom. The summed E-state index contributed by atoms with van der Waals surface area (Å²) in [5.74, 6) is -2.48. The van der Waals surface area contributed by atoms with Crippen molar-refractivity contribution < 1.29 is 8.78 Å². The summed E-state index contributed by atoms with van der Waals surface area (Å²) in [6, 6.07) is -0.112. The van der Waals surface area contributed by atoms with Gasteiger partial charge in [-0.3, -0.25) is 0 Å². The Bertz CT molecular complexity index is 386. The Kier molecular flexibility index (Phi) is 2.21. The molecule has 0 atom stereocenters. The molecule has 14 heavy (non-hydrogen) atoms. The zero-order chi connectivity index (χ0) is 10.3. The van der Waals surface area contributed by atoms with Gasteiger partial charge in [-0.2, -0.15) is 0 Å². The molecule has 0 bridgehead atoms. The van der Waals surface area contributed by atoms with Crippen LogP contribution in [0.15, 0.2) is 6.20 Å². The van der Waals surface area contributed by atoms with Crippen LogP contribution in [0.4, 0.5) is 8.78 Å². The van der Waals surface area contributed by atoms with Crippen LogP contribution in [0, 0.1) is 4.77 Å². The number of aryl methyl sites for hydroxylation is 1. The van der Waals surface area contributed by atoms with Gasteiger partial charge in [0.1, 0.15) is 0 Å². The summed E-state index contributed by atoms with van der Waals surface area (Å²) in [4.78, 5) is 2.90. The molecule has 1 heterocycles. The molecule has 1 saturated carbocycles. The molecule has 5 heteroatoms. The molecule has 1 aromatic rings. The van der Waals surface area contributed by atoms with E-state index in [-0.39, 0.29) is 18.9 Å². The number of halogens is 2. The first-order valence-corrected chi connectivity index (χ1v) is 5.11. The predicted octanol–water partition coefficient (Wildman–Crippen LogP) is 3.08. The standard InChI is InChI=1S/C9H12F2N2S/c1-2-6-5-12-8(14)13(6)7-3-9(10,11)4-7/h5,7H,2-4H2,1H3,(H,12,14). The van der Waals surface area contributed by atoms with Crippen molar-refractivity contribution in [1.29, 1.82) is 0 Å². The van der Waals surface area contributed by atoms with Crippen molar-refractivity contribution in [1.82, 2.24) is 9.55 Å². The Hall–Kier alpha value is -0.710. The first kappa shape index (κ1) is 9.83. The average molecular weight is 218 g/mol. The van der Waals surface area contributed by atoms with Gasteiger partial charge in [0.25, 0.3) is 5.92 Å². The van der Waals surface area contributed by atoms with E-state index in [1.54, 1.807) is 6.20 Å². The van der Waals surface area contributed by atoms with Gasteiger partial charge in [0.2, 0.25) is 0 Å². The lowest BCUT2D eigenvalue weighted by molar-refractivity contribution is -0.104. The number of aromatic nitrogens is 2. The Balaban J connectivity index is 2.25. The van der Waals surface area contributed by atoms with E-state index in [0.29, 0.717) is 4.77 Å². The Morgan fingerprint density at radius 1 is 1.64 bits per heavy atom. The van der Waals surface area contributed by atoms with Gasteiger partial charge in [-0.25, -0.2) is 8.78 Å². The second kappa shape index (κ2) is 3.15. The molecule has 0 saturated heterocycles. The van der Waals surface area contributed by atoms with Crippen LogP contribution in [0.25, 0.3) is 0 Å². The maximum atomic E-state index is 12.7. The number of aromatic amines is 1. The number of alkyl halides is 2. The van der Waals surface area contributed by atoms with Gasteiger partial charge in [0, 0.05) is 30.8 Å². The number of hydrogen-bond acceptors (Lipinski definition) is 1. The lowest BCUT2D eigenvalue weighted by atomic mass is 9.88. The largest absolute Gasteiger partial charge is 0.337 e. The van der Waals surface area contributed by atoms with Crippen molar-refractivity contribution in [3.63, 3.8) is 0 Å². The van der Waals surface area contributed by atoms with Crippen molar-refractivity contribution in [2.75, 3.05) is 0 Å². The molecule has 2 rings (SSSR count). The molecule has 0 spiro atoms. The second-order valence-electron chi connectivity index (χ2n) is 3.73. The number of hydrogen-bond donors (Lipinski definition) is 1. The molecule has 0 unspecified atom stereocenters. The molecule has 1 aromatic heterocycles. The first-order chi connectivity index (χ1) is 6.53. The number of rotatable bonds is 2. The van der Waals surface area contributed by atoms with E-state index in [4.69, 9.17) is 12.2 Å². The molecule has 0 radical (unpaired) electrons. The molecule has 0 aliphatic heterocycles. The van der Waals surface area contributed by atoms with E-state index in [0.717, 1.165) is 12.1 Å². The summed E-state index contributed by atoms with van der Waals surface area (Å²) in [6.45, 7) is 1.99. The fraction of sp³-hybridized carbons (Fsp3) is 0.667. The smallest absolute Gasteiger partial charge is 0.252 e. The molecular formula is C9H12F2N2S. The van der Waals surface area contributed by atoms with Crippen LogP contribution < -0.4 is 0 Å². The Morgan fingerprint density at radius 3 is 2.79 bits per heavy atom. The van der Waals surface area contributed by atoms with Crippen molar-refractivity contribution >= 4 is 12.2 Å². The van der Waals surface area contributed by atoms with E-state index < -0.39 is 5.92 Å². The monoisotopic (exact) mass is 218 g/mol. The van der Waals surface area contributed by atoms with Crippen molar-refractivity contribution in [3.8, 4) is 0 Å². The van der Waals surface area contributed by atoms with Crippen molar-refractivity contribution in [2.45, 2.75) is 38.2 Å². The number of imidazole rings is 1. The van der Waals surface area contributed by atoms with E-state index in [1.807, 2.05) is 11.5 Å². The normalized spacial score (nSPS) is 20.8. The van der Waals surface area contributed by atoms with Gasteiger partial charge in [-0.05, 0) is 18.6 Å². The number of H-pyrrole nitrogens is 1. The van der Waals surface area contributed by atoms with E-state index >= 15 is 0 Å². The summed E-state index contributed by atoms with van der Waals surface area (Å²) in [6.07, 6.45) is 2.46. The summed E-state index contributed by atoms with van der Waals surface area (Å²) in [5.41, 5.74) is 1.01. The van der Waals surface area contributed by atoms with E-state index in [1.165, 1.54) is 0 Å². The van der Waals surface area contributed by atoms with E-state index in [2.05, 4.69) is 4.98 Å². The third-order valence-corrected chi connectivity index (χ3v) is 3.00. The molecule has 1 aliphatic rings. The van der Waals surface area contributed by atoms with Crippen LogP contribution in [0.1, 0.15) is 31.5 Å². The third-order valence-electron chi connectivity index (χ3n) is 2.69. The van der Waals surface area contributed by atoms with Gasteiger partial charge in [-0.1, -0.05) is 6.92 Å². The molecule has 2 nitrogen and oxygen atoms in total. The SMILES string of the molecule is CCc1c[nH]c(=S)n1C1CC(F)(F)C1. The predicted molar refractivity (Wildman–Crippen MR) is 52.2 cm³/mol. The molecule has 1 fully saturated rings. The fourth-order valence-electron chi connectivity index (χ4n) is 1.90. The minimum atomic E-state index is -2.48. The molecule has 0 amide bonds. The minimum absolute atomic E-state index is 0.0772. The van der Waals surface area contributed by atoms with Crippen LogP contribution in [0.3, 0.4) is 0 Å². The third kappa shape index (κ3) is 1.49. The van der Waals surface area contributed by atoms with Gasteiger partial charge in [-0.15, -0.1) is 0 Å². The number of nitrogens with zero attached hydrogens (tertiary/aromatic N) is 1. The van der Waals surface area contributed by atoms with Gasteiger partial charge in [0.15, 0.2) is 4.77 Å². The molecule has 0 aromatic carbocycles. The topological polar surface area (TPSA) is 20.7 Å². The zero-order valence-electron chi connectivity index (χ0n) is 7.89. The zero-order valence-corrected chi connectivity index (χ0v) is 8.70. The quantitative estimate of drug-likeness (QED) is 0.756. The highest BCUT2D eigenvalue weighted by atomic mass is 32.1. The summed E-state index contributed by atoms with van der Waals surface area (Å²) in [5, 5.41) is 0. The van der Waals surface area contributed by atoms with E-state index in [9.17, 15) is 8.78 Å². The molecular weight excluding hydrogens is 206 g/mol. The maximum absolute atomic E-state index is 12.7. The van der Waals surface area contributed by atoms with Crippen LogP contribution in [-0.4, -0.2) is 15.5 Å². The minimum Gasteiger partial charge on any atom is -0.337 e. The van der Waals surface area contributed by atoms with Gasteiger partial charge in [0.05, 0.1) is 0 Å². The average Bonchev–Trinajstić information content (AvgIpc) is 2.42. The van der Waals surface area contributed by atoms with Crippen LogP contribution in [0.5, 0.6) is 0 Å². The van der Waals surface area contributed by atoms with Gasteiger partial charge >= 0.3 is 0 Å². The van der Waals surface area contributed by atoms with Crippen LogP contribution in [-0.2, 0) is 6.42 Å². The van der Waals surface area contributed by atoms with Crippen molar-refractivity contribution in [3.05, 3.63) is 16.7 Å². The molecule has 1 N–H and O–H groups in total. The highest BCUT2D eigenvalue weighted by molar-refractivity contribution is 7.71. The lowest BCUT2D eigenvalue weighted by Crippen LogP contribution is -2.37. The number of nitrogens with one attached hydrogen (secondary N) is 1. The first-order valence-electron chi connectivity index (χ1n) is 4.70.